The van der Waals surface area contributed by atoms with Crippen LogP contribution in [0.2, 0.25) is 0 Å². The van der Waals surface area contributed by atoms with Crippen molar-refractivity contribution in [1.82, 2.24) is 15.5 Å². The molecule has 23 heavy (non-hydrogen) atoms. The van der Waals surface area contributed by atoms with Gasteiger partial charge in [0.05, 0.1) is 6.04 Å². The van der Waals surface area contributed by atoms with E-state index in [-0.39, 0.29) is 36.3 Å². The summed E-state index contributed by atoms with van der Waals surface area (Å²) in [5.41, 5.74) is 0. The van der Waals surface area contributed by atoms with Gasteiger partial charge in [0.2, 0.25) is 11.8 Å². The van der Waals surface area contributed by atoms with E-state index in [9.17, 15) is 9.59 Å². The minimum absolute atomic E-state index is 0. The number of carbonyl (C=O) groups excluding carboxylic acids is 2. The van der Waals surface area contributed by atoms with E-state index >= 15 is 0 Å². The molecule has 3 aliphatic rings. The third-order valence-corrected chi connectivity index (χ3v) is 5.48. The van der Waals surface area contributed by atoms with Crippen LogP contribution in [-0.2, 0) is 9.59 Å². The molecule has 0 aromatic carbocycles. The van der Waals surface area contributed by atoms with Crippen LogP contribution >= 0.6 is 12.4 Å². The lowest BCUT2D eigenvalue weighted by molar-refractivity contribution is -0.134. The molecule has 2 saturated heterocycles. The molecule has 3 rings (SSSR count). The predicted octanol–water partition coefficient (Wildman–Crippen LogP) is 1.85. The summed E-state index contributed by atoms with van der Waals surface area (Å²) in [6.07, 6.45) is 9.57. The Balaban J connectivity index is 0.00000192. The van der Waals surface area contributed by atoms with E-state index < -0.39 is 0 Å². The summed E-state index contributed by atoms with van der Waals surface area (Å²) in [5.74, 6) is 1.08. The Hall–Kier alpha value is -0.810. The van der Waals surface area contributed by atoms with Crippen LogP contribution in [0.5, 0.6) is 0 Å². The Morgan fingerprint density at radius 1 is 1.00 bits per heavy atom. The molecule has 2 heterocycles. The lowest BCUT2D eigenvalue weighted by Crippen LogP contribution is -2.50. The number of amides is 2. The third kappa shape index (κ3) is 5.08. The fourth-order valence-corrected chi connectivity index (χ4v) is 4.12. The van der Waals surface area contributed by atoms with Gasteiger partial charge in [0.15, 0.2) is 0 Å². The fourth-order valence-electron chi connectivity index (χ4n) is 4.12. The average molecular weight is 344 g/mol. The monoisotopic (exact) mass is 343 g/mol. The van der Waals surface area contributed by atoms with Crippen LogP contribution in [0.25, 0.3) is 0 Å². The largest absolute Gasteiger partial charge is 0.353 e. The first-order valence-electron chi connectivity index (χ1n) is 9.04. The molecule has 3 fully saturated rings. The Bertz CT molecular complexity index is 399. The molecule has 2 N–H and O–H groups in total. The first kappa shape index (κ1) is 18.5. The van der Waals surface area contributed by atoms with Crippen LogP contribution in [0.1, 0.15) is 57.8 Å². The maximum absolute atomic E-state index is 12.3. The highest BCUT2D eigenvalue weighted by Crippen LogP contribution is 2.27. The zero-order chi connectivity index (χ0) is 15.4. The molecular formula is C17H30ClN3O2. The van der Waals surface area contributed by atoms with E-state index in [1.165, 1.54) is 25.7 Å². The van der Waals surface area contributed by atoms with Gasteiger partial charge in [-0.1, -0.05) is 12.8 Å². The van der Waals surface area contributed by atoms with Crippen molar-refractivity contribution >= 4 is 24.2 Å². The van der Waals surface area contributed by atoms with Gasteiger partial charge in [0.1, 0.15) is 0 Å². The standard InChI is InChI=1S/C17H29N3O2.ClH/c21-16(12-13-4-1-2-5-13)19-14-7-10-20(11-8-14)17(22)15-6-3-9-18-15;/h13-15,18H,1-12H2,(H,19,21);1H. The fraction of sp³-hybridized carbons (Fsp3) is 0.882. The van der Waals surface area contributed by atoms with Crippen molar-refractivity contribution in [2.24, 2.45) is 5.92 Å². The lowest BCUT2D eigenvalue weighted by atomic mass is 10.0. The van der Waals surface area contributed by atoms with Crippen LogP contribution in [0.15, 0.2) is 0 Å². The molecule has 6 heteroatoms. The smallest absolute Gasteiger partial charge is 0.239 e. The SMILES string of the molecule is Cl.O=C(CC1CCCC1)NC1CCN(C(=O)C2CCCN2)CC1. The highest BCUT2D eigenvalue weighted by atomic mass is 35.5. The van der Waals surface area contributed by atoms with E-state index in [1.54, 1.807) is 0 Å². The summed E-state index contributed by atoms with van der Waals surface area (Å²) >= 11 is 0. The number of nitrogens with zero attached hydrogens (tertiary/aromatic N) is 1. The number of halogens is 1. The highest BCUT2D eigenvalue weighted by molar-refractivity contribution is 5.85. The average Bonchev–Trinajstić information content (AvgIpc) is 3.20. The molecule has 132 valence electrons. The molecule has 0 radical (unpaired) electrons. The zero-order valence-electron chi connectivity index (χ0n) is 13.9. The Morgan fingerprint density at radius 2 is 1.70 bits per heavy atom. The second-order valence-corrected chi connectivity index (χ2v) is 7.17. The normalized spacial score (nSPS) is 26.1. The first-order chi connectivity index (χ1) is 10.7. The van der Waals surface area contributed by atoms with E-state index in [2.05, 4.69) is 10.6 Å². The van der Waals surface area contributed by atoms with Gasteiger partial charge in [0.25, 0.3) is 0 Å². The molecule has 0 aromatic heterocycles. The van der Waals surface area contributed by atoms with Crippen LogP contribution in [-0.4, -0.2) is 48.4 Å². The number of hydrogen-bond acceptors (Lipinski definition) is 3. The van der Waals surface area contributed by atoms with Gasteiger partial charge in [-0.05, 0) is 51.0 Å². The van der Waals surface area contributed by atoms with Gasteiger partial charge in [0, 0.05) is 25.6 Å². The minimum Gasteiger partial charge on any atom is -0.353 e. The van der Waals surface area contributed by atoms with Gasteiger partial charge in [-0.25, -0.2) is 0 Å². The molecule has 1 saturated carbocycles. The van der Waals surface area contributed by atoms with Crippen molar-refractivity contribution in [3.8, 4) is 0 Å². The van der Waals surface area contributed by atoms with Crippen molar-refractivity contribution in [2.45, 2.75) is 69.9 Å². The molecule has 0 spiro atoms. The minimum atomic E-state index is 0. The molecule has 2 aliphatic heterocycles. The zero-order valence-corrected chi connectivity index (χ0v) is 14.7. The molecular weight excluding hydrogens is 314 g/mol. The van der Waals surface area contributed by atoms with E-state index in [4.69, 9.17) is 0 Å². The number of nitrogens with one attached hydrogen (secondary N) is 2. The maximum atomic E-state index is 12.3. The third-order valence-electron chi connectivity index (χ3n) is 5.48. The summed E-state index contributed by atoms with van der Waals surface area (Å²) in [4.78, 5) is 26.4. The second-order valence-electron chi connectivity index (χ2n) is 7.17. The predicted molar refractivity (Wildman–Crippen MR) is 92.6 cm³/mol. The van der Waals surface area contributed by atoms with E-state index in [0.29, 0.717) is 12.3 Å². The quantitative estimate of drug-likeness (QED) is 0.819. The Kier molecular flexibility index (Phi) is 7.15. The summed E-state index contributed by atoms with van der Waals surface area (Å²) < 4.78 is 0. The van der Waals surface area contributed by atoms with Gasteiger partial charge in [-0.2, -0.15) is 0 Å². The summed E-state index contributed by atoms with van der Waals surface area (Å²) in [6.45, 7) is 2.53. The van der Waals surface area contributed by atoms with E-state index in [0.717, 1.165) is 45.3 Å². The Labute approximate surface area is 145 Å². The molecule has 5 nitrogen and oxygen atoms in total. The number of carbonyl (C=O) groups is 2. The number of likely N-dealkylation sites (tertiary alicyclic amines) is 1. The number of piperidine rings is 1. The van der Waals surface area contributed by atoms with Crippen molar-refractivity contribution in [3.63, 3.8) is 0 Å². The van der Waals surface area contributed by atoms with Crippen LogP contribution < -0.4 is 10.6 Å². The number of hydrogen-bond donors (Lipinski definition) is 2. The van der Waals surface area contributed by atoms with Crippen LogP contribution in [0.3, 0.4) is 0 Å². The summed E-state index contributed by atoms with van der Waals surface area (Å²) in [5, 5.41) is 6.46. The van der Waals surface area contributed by atoms with Crippen LogP contribution in [0, 0.1) is 5.92 Å². The summed E-state index contributed by atoms with van der Waals surface area (Å²) in [6, 6.07) is 0.294. The Morgan fingerprint density at radius 3 is 2.30 bits per heavy atom. The number of rotatable bonds is 4. The molecule has 0 bridgehead atoms. The summed E-state index contributed by atoms with van der Waals surface area (Å²) in [7, 11) is 0. The van der Waals surface area contributed by atoms with Gasteiger partial charge >= 0.3 is 0 Å². The van der Waals surface area contributed by atoms with E-state index in [1.807, 2.05) is 4.90 Å². The van der Waals surface area contributed by atoms with Crippen molar-refractivity contribution < 1.29 is 9.59 Å². The van der Waals surface area contributed by atoms with Gasteiger partial charge in [-0.15, -0.1) is 12.4 Å². The maximum Gasteiger partial charge on any atom is 0.239 e. The van der Waals surface area contributed by atoms with Crippen molar-refractivity contribution in [1.29, 1.82) is 0 Å². The highest BCUT2D eigenvalue weighted by Gasteiger charge is 2.30. The molecule has 0 aromatic rings. The topological polar surface area (TPSA) is 61.4 Å². The molecule has 1 unspecified atom stereocenters. The lowest BCUT2D eigenvalue weighted by Gasteiger charge is -2.34. The second kappa shape index (κ2) is 8.88. The molecule has 2 amide bonds. The molecule has 1 aliphatic carbocycles. The van der Waals surface area contributed by atoms with Gasteiger partial charge in [-0.3, -0.25) is 9.59 Å². The van der Waals surface area contributed by atoms with Crippen molar-refractivity contribution in [2.75, 3.05) is 19.6 Å². The van der Waals surface area contributed by atoms with Crippen molar-refractivity contribution in [3.05, 3.63) is 0 Å². The first-order valence-corrected chi connectivity index (χ1v) is 9.04. The van der Waals surface area contributed by atoms with Crippen LogP contribution in [0.4, 0.5) is 0 Å². The van der Waals surface area contributed by atoms with Gasteiger partial charge < -0.3 is 15.5 Å². The molecule has 1 atom stereocenters.